The van der Waals surface area contributed by atoms with Crippen molar-refractivity contribution in [2.24, 2.45) is 23.7 Å². The van der Waals surface area contributed by atoms with Crippen LogP contribution in [0.3, 0.4) is 0 Å². The molecule has 68 heavy (non-hydrogen) atoms. The molecule has 0 aliphatic carbocycles. The quantitative estimate of drug-likeness (QED) is 0.0328. The number of nitro benzene ring substituents is 2. The molecule has 0 radical (unpaired) electrons. The standard InChI is InChI=1S/C44H50N8O14S2/c1-19-33-31(21(3)53)39(55)49(33)35(43(59)65-41(57)23-5-9-27(10-6-23)51(61)62)37(19)67-29-13-25(45-17-29)15-47-48-16-26-14-30(18-46-26)68-38-20(2)34-32(22(4)54)40(56)50(34)36(38)44(60)66-42(58)24-7-11-28(12-8-24)52(63)64/h5-12,19-22,25-26,29-34,45-48,53-54H,13-18H2,1-4H3/t19-,20-,21-,22-,25+,26+,29+,30+,31-,32-,33-,34-/m1/s1. The van der Waals surface area contributed by atoms with Gasteiger partial charge in [0.15, 0.2) is 0 Å². The van der Waals surface area contributed by atoms with E-state index in [9.17, 15) is 59.2 Å². The van der Waals surface area contributed by atoms with Crippen LogP contribution in [-0.2, 0) is 28.7 Å². The van der Waals surface area contributed by atoms with Crippen LogP contribution in [0.2, 0.25) is 0 Å². The van der Waals surface area contributed by atoms with E-state index in [1.54, 1.807) is 0 Å². The molecule has 6 aliphatic rings. The van der Waals surface area contributed by atoms with Crippen molar-refractivity contribution in [2.75, 3.05) is 26.2 Å². The highest BCUT2D eigenvalue weighted by molar-refractivity contribution is 8.04. The minimum absolute atomic E-state index is 0.0203. The van der Waals surface area contributed by atoms with Crippen LogP contribution >= 0.6 is 23.5 Å². The molecule has 12 atom stereocenters. The van der Waals surface area contributed by atoms with Crippen molar-refractivity contribution in [3.8, 4) is 0 Å². The molecule has 24 heteroatoms. The number of benzene rings is 2. The van der Waals surface area contributed by atoms with Gasteiger partial charge in [-0.15, -0.1) is 23.5 Å². The Bertz CT molecular complexity index is 2320. The second kappa shape index (κ2) is 19.8. The molecule has 2 aromatic carbocycles. The molecule has 4 fully saturated rings. The van der Waals surface area contributed by atoms with Crippen molar-refractivity contribution >= 4 is 70.6 Å². The number of nitrogens with one attached hydrogen (secondary N) is 4. The van der Waals surface area contributed by atoms with E-state index >= 15 is 0 Å². The smallest absolute Gasteiger partial charge is 0.363 e. The Morgan fingerprint density at radius 2 is 1.03 bits per heavy atom. The molecular weight excluding hydrogens is 929 g/mol. The largest absolute Gasteiger partial charge is 0.393 e. The van der Waals surface area contributed by atoms with Gasteiger partial charge in [0.25, 0.3) is 11.4 Å². The lowest BCUT2D eigenvalue weighted by molar-refractivity contribution is -0.385. The molecule has 0 unspecified atom stereocenters. The number of hydrogen-bond donors (Lipinski definition) is 6. The number of hydrazine groups is 1. The summed E-state index contributed by atoms with van der Waals surface area (Å²) in [6, 6.07) is 8.27. The van der Waals surface area contributed by atoms with Gasteiger partial charge in [0, 0.05) is 94.7 Å². The minimum Gasteiger partial charge on any atom is -0.393 e. The van der Waals surface area contributed by atoms with E-state index in [1.165, 1.54) is 71.4 Å². The first-order chi connectivity index (χ1) is 32.4. The molecule has 0 bridgehead atoms. The van der Waals surface area contributed by atoms with Crippen molar-refractivity contribution in [1.29, 1.82) is 0 Å². The molecule has 0 aromatic heterocycles. The number of carbonyl (C=O) groups is 6. The van der Waals surface area contributed by atoms with E-state index in [4.69, 9.17) is 9.47 Å². The van der Waals surface area contributed by atoms with Crippen LogP contribution in [0.4, 0.5) is 11.4 Å². The number of aliphatic hydroxyl groups excluding tert-OH is 2. The number of hydrogen-bond acceptors (Lipinski definition) is 20. The third kappa shape index (κ3) is 9.30. The number of amides is 2. The lowest BCUT2D eigenvalue weighted by Gasteiger charge is -2.46. The van der Waals surface area contributed by atoms with Crippen LogP contribution in [-0.4, -0.2) is 139 Å². The molecule has 6 aliphatic heterocycles. The zero-order chi connectivity index (χ0) is 48.9. The number of fused-ring (bicyclic) bond motifs is 2. The Labute approximate surface area is 397 Å². The summed E-state index contributed by atoms with van der Waals surface area (Å²) in [6.07, 6.45) is -0.554. The molecule has 362 valence electrons. The molecule has 0 saturated carbocycles. The number of ether oxygens (including phenoxy) is 2. The molecule has 4 saturated heterocycles. The van der Waals surface area contributed by atoms with E-state index in [1.807, 2.05) is 13.8 Å². The van der Waals surface area contributed by atoms with Gasteiger partial charge >= 0.3 is 23.9 Å². The number of nitro groups is 2. The van der Waals surface area contributed by atoms with Crippen LogP contribution < -0.4 is 21.5 Å². The van der Waals surface area contributed by atoms with E-state index < -0.39 is 81.7 Å². The normalized spacial score (nSPS) is 29.3. The van der Waals surface area contributed by atoms with Gasteiger partial charge in [0.1, 0.15) is 11.4 Å². The van der Waals surface area contributed by atoms with Gasteiger partial charge in [-0.05, 0) is 51.0 Å². The number of aliphatic hydroxyl groups is 2. The number of non-ortho nitro benzene ring substituents is 2. The maximum Gasteiger partial charge on any atom is 0.363 e. The lowest BCUT2D eigenvalue weighted by atomic mass is 9.79. The Morgan fingerprint density at radius 3 is 1.35 bits per heavy atom. The number of rotatable bonds is 17. The Kier molecular flexibility index (Phi) is 14.2. The third-order valence-corrected chi connectivity index (χ3v) is 16.4. The van der Waals surface area contributed by atoms with Gasteiger partial charge in [-0.3, -0.25) is 40.7 Å². The van der Waals surface area contributed by atoms with Crippen molar-refractivity contribution in [2.45, 2.75) is 87.4 Å². The number of esters is 4. The predicted octanol–water partition coefficient (Wildman–Crippen LogP) is 1.73. The van der Waals surface area contributed by atoms with Crippen LogP contribution in [0.5, 0.6) is 0 Å². The fourth-order valence-electron chi connectivity index (χ4n) is 9.96. The number of nitrogens with zero attached hydrogens (tertiary/aromatic N) is 4. The van der Waals surface area contributed by atoms with Crippen molar-refractivity contribution in [3.05, 3.63) is 101 Å². The zero-order valence-electron chi connectivity index (χ0n) is 37.2. The summed E-state index contributed by atoms with van der Waals surface area (Å²) in [5.41, 5.74) is 5.84. The van der Waals surface area contributed by atoms with Gasteiger partial charge < -0.3 is 40.1 Å². The monoisotopic (exact) mass is 978 g/mol. The highest BCUT2D eigenvalue weighted by Gasteiger charge is 2.62. The lowest BCUT2D eigenvalue weighted by Crippen LogP contribution is -2.63. The van der Waals surface area contributed by atoms with E-state index in [0.29, 0.717) is 48.8 Å². The zero-order valence-corrected chi connectivity index (χ0v) is 38.8. The van der Waals surface area contributed by atoms with Crippen LogP contribution in [0, 0.1) is 43.9 Å². The van der Waals surface area contributed by atoms with Crippen molar-refractivity contribution < 1.29 is 58.3 Å². The van der Waals surface area contributed by atoms with Crippen LogP contribution in [0.1, 0.15) is 61.3 Å². The average molecular weight is 979 g/mol. The molecule has 22 nitrogen and oxygen atoms in total. The maximum atomic E-state index is 13.6. The first-order valence-electron chi connectivity index (χ1n) is 22.1. The van der Waals surface area contributed by atoms with Crippen molar-refractivity contribution in [1.82, 2.24) is 31.3 Å². The summed E-state index contributed by atoms with van der Waals surface area (Å²) in [5, 5.41) is 49.9. The fraction of sp³-hybridized carbons (Fsp3) is 0.500. The molecule has 2 aromatic rings. The van der Waals surface area contributed by atoms with Gasteiger partial charge in [-0.1, -0.05) is 13.8 Å². The molecular formula is C44H50N8O14S2. The van der Waals surface area contributed by atoms with Gasteiger partial charge in [0.05, 0.1) is 57.1 Å². The van der Waals surface area contributed by atoms with Crippen LogP contribution in [0.25, 0.3) is 0 Å². The first-order valence-corrected chi connectivity index (χ1v) is 23.9. The number of β-lactam (4-membered cyclic amide) rings is 2. The third-order valence-electron chi connectivity index (χ3n) is 13.4. The van der Waals surface area contributed by atoms with Crippen LogP contribution in [0.15, 0.2) is 69.7 Å². The summed E-state index contributed by atoms with van der Waals surface area (Å²) >= 11 is 2.86. The van der Waals surface area contributed by atoms with Gasteiger partial charge in [0.2, 0.25) is 11.8 Å². The topological polar surface area (TPSA) is 302 Å². The van der Waals surface area contributed by atoms with Gasteiger partial charge in [-0.2, -0.15) is 0 Å². The SMILES string of the molecule is C[C@@H](O)[C@H]1C(=O)N2C(C(=O)OC(=O)c3ccc([N+](=O)[O-])cc3)=C(S[C@@H]3CN[C@H](CNNC[C@@H]4C[C@H](SC5=C(C(=O)OC(=O)c6ccc([N+](=O)[O-])cc6)N6C(=O)[C@H]([C@@H](C)O)[C@H]6[C@H]5C)CN4)C3)[C@H](C)[C@H]12. The molecule has 2 amide bonds. The molecule has 8 rings (SSSR count). The highest BCUT2D eigenvalue weighted by Crippen LogP contribution is 2.53. The van der Waals surface area contributed by atoms with Crippen molar-refractivity contribution in [3.63, 3.8) is 0 Å². The Hall–Kier alpha value is -5.60. The van der Waals surface area contributed by atoms with Gasteiger partial charge in [-0.25, -0.2) is 19.2 Å². The molecule has 6 heterocycles. The second-order valence-corrected chi connectivity index (χ2v) is 20.5. The number of thioether (sulfide) groups is 2. The molecule has 0 spiro atoms. The highest BCUT2D eigenvalue weighted by atomic mass is 32.2. The molecule has 6 N–H and O–H groups in total. The summed E-state index contributed by atoms with van der Waals surface area (Å²) < 4.78 is 10.4. The second-order valence-electron chi connectivity index (χ2n) is 17.8. The van der Waals surface area contributed by atoms with E-state index in [0.717, 1.165) is 24.3 Å². The summed E-state index contributed by atoms with van der Waals surface area (Å²) in [4.78, 5) is 104. The summed E-state index contributed by atoms with van der Waals surface area (Å²) in [7, 11) is 0. The first kappa shape index (κ1) is 48.8. The Balaban J connectivity index is 0.842. The maximum absolute atomic E-state index is 13.6. The van der Waals surface area contributed by atoms with E-state index in [-0.39, 0.29) is 68.3 Å². The Morgan fingerprint density at radius 1 is 0.676 bits per heavy atom. The number of carbonyl (C=O) groups excluding carboxylic acids is 6. The van der Waals surface area contributed by atoms with E-state index in [2.05, 4.69) is 21.5 Å². The average Bonchev–Trinajstić information content (AvgIpc) is 4.05. The predicted molar refractivity (Wildman–Crippen MR) is 243 cm³/mol. The fourth-order valence-corrected chi connectivity index (χ4v) is 13.0. The summed E-state index contributed by atoms with van der Waals surface area (Å²) in [6.45, 7) is 9.01. The summed E-state index contributed by atoms with van der Waals surface area (Å²) in [5.74, 6) is -7.12. The minimum atomic E-state index is -1.03.